The summed E-state index contributed by atoms with van der Waals surface area (Å²) in [6, 6.07) is 19.1. The fraction of sp³-hybridized carbons (Fsp3) is 0.350. The monoisotopic (exact) mass is 327 g/mol. The topological polar surface area (TPSA) is 58.6 Å². The second kappa shape index (κ2) is 7.49. The van der Waals surface area contributed by atoms with Crippen molar-refractivity contribution in [3.05, 3.63) is 71.8 Å². The minimum absolute atomic E-state index is 0.0703. The van der Waals surface area contributed by atoms with Crippen molar-refractivity contribution in [3.8, 4) is 0 Å². The van der Waals surface area contributed by atoms with Gasteiger partial charge in [0.2, 0.25) is 0 Å². The number of carbonyl (C=O) groups is 1. The summed E-state index contributed by atoms with van der Waals surface area (Å²) in [5.74, 6) is 0. The molecule has 4 nitrogen and oxygen atoms in total. The Bertz CT molecular complexity index is 650. The lowest BCUT2D eigenvalue weighted by atomic mass is 9.87. The van der Waals surface area contributed by atoms with Gasteiger partial charge in [-0.15, -0.1) is 0 Å². The summed E-state index contributed by atoms with van der Waals surface area (Å²) in [7, 11) is 0. The zero-order chi connectivity index (χ0) is 17.6. The average Bonchev–Trinajstić information content (AvgIpc) is 2.53. The van der Waals surface area contributed by atoms with E-state index in [-0.39, 0.29) is 6.54 Å². The number of alkyl carbamates (subject to hydrolysis) is 1. The Balaban J connectivity index is 2.16. The van der Waals surface area contributed by atoms with E-state index >= 15 is 0 Å². The molecule has 2 N–H and O–H groups in total. The molecule has 0 radical (unpaired) electrons. The molecule has 0 heterocycles. The zero-order valence-electron chi connectivity index (χ0n) is 14.5. The standard InChI is InChI=1S/C20H25NO3/c1-19(2,3)24-18(22)21-15-20(23,17-12-8-5-9-13-17)14-16-10-6-4-7-11-16/h4-13,23H,14-15H2,1-3H3,(H,21,22). The van der Waals surface area contributed by atoms with Gasteiger partial charge >= 0.3 is 6.09 Å². The number of ether oxygens (including phenoxy) is 1. The highest BCUT2D eigenvalue weighted by molar-refractivity contribution is 5.67. The van der Waals surface area contributed by atoms with E-state index < -0.39 is 17.3 Å². The Kier molecular flexibility index (Phi) is 5.62. The number of rotatable bonds is 5. The lowest BCUT2D eigenvalue weighted by Crippen LogP contribution is -2.44. The maximum atomic E-state index is 11.9. The average molecular weight is 327 g/mol. The van der Waals surface area contributed by atoms with E-state index in [9.17, 15) is 9.90 Å². The van der Waals surface area contributed by atoms with Crippen LogP contribution in [-0.2, 0) is 16.8 Å². The molecule has 0 saturated heterocycles. The van der Waals surface area contributed by atoms with E-state index in [1.54, 1.807) is 20.8 Å². The van der Waals surface area contributed by atoms with Crippen molar-refractivity contribution in [3.63, 3.8) is 0 Å². The first-order chi connectivity index (χ1) is 11.3. The third kappa shape index (κ3) is 5.39. The van der Waals surface area contributed by atoms with Crippen LogP contribution >= 0.6 is 0 Å². The quantitative estimate of drug-likeness (QED) is 0.881. The molecule has 1 unspecified atom stereocenters. The molecule has 0 aliphatic rings. The molecule has 1 atom stereocenters. The molecule has 0 aliphatic heterocycles. The van der Waals surface area contributed by atoms with Crippen LogP contribution in [0.3, 0.4) is 0 Å². The van der Waals surface area contributed by atoms with Gasteiger partial charge in [0.1, 0.15) is 11.2 Å². The van der Waals surface area contributed by atoms with Gasteiger partial charge in [0.15, 0.2) is 0 Å². The van der Waals surface area contributed by atoms with Gasteiger partial charge in [-0.1, -0.05) is 60.7 Å². The fourth-order valence-electron chi connectivity index (χ4n) is 2.48. The van der Waals surface area contributed by atoms with Crippen molar-refractivity contribution in [1.82, 2.24) is 5.32 Å². The maximum Gasteiger partial charge on any atom is 0.407 e. The molecule has 128 valence electrons. The van der Waals surface area contributed by atoms with E-state index in [1.807, 2.05) is 60.7 Å². The Morgan fingerprint density at radius 3 is 2.08 bits per heavy atom. The third-order valence-electron chi connectivity index (χ3n) is 3.57. The minimum Gasteiger partial charge on any atom is -0.444 e. The van der Waals surface area contributed by atoms with Gasteiger partial charge in [-0.25, -0.2) is 4.79 Å². The lowest BCUT2D eigenvalue weighted by Gasteiger charge is -2.30. The Labute approximate surface area is 143 Å². The summed E-state index contributed by atoms with van der Waals surface area (Å²) in [5, 5.41) is 13.9. The first-order valence-corrected chi connectivity index (χ1v) is 8.07. The van der Waals surface area contributed by atoms with Crippen LogP contribution in [0.5, 0.6) is 0 Å². The van der Waals surface area contributed by atoms with Crippen LogP contribution in [0.1, 0.15) is 31.9 Å². The molecule has 0 fully saturated rings. The second-order valence-electron chi connectivity index (χ2n) is 6.92. The number of benzene rings is 2. The molecule has 4 heteroatoms. The highest BCUT2D eigenvalue weighted by Gasteiger charge is 2.31. The van der Waals surface area contributed by atoms with Crippen LogP contribution in [0.4, 0.5) is 4.79 Å². The van der Waals surface area contributed by atoms with E-state index in [0.717, 1.165) is 11.1 Å². The van der Waals surface area contributed by atoms with Crippen LogP contribution in [0, 0.1) is 0 Å². The minimum atomic E-state index is -1.21. The second-order valence-corrected chi connectivity index (χ2v) is 6.92. The van der Waals surface area contributed by atoms with Crippen molar-refractivity contribution in [2.45, 2.75) is 38.4 Å². The van der Waals surface area contributed by atoms with Crippen LogP contribution < -0.4 is 5.32 Å². The van der Waals surface area contributed by atoms with E-state index in [1.165, 1.54) is 0 Å². The fourth-order valence-corrected chi connectivity index (χ4v) is 2.48. The SMILES string of the molecule is CC(C)(C)OC(=O)NCC(O)(Cc1ccccc1)c1ccccc1. The summed E-state index contributed by atoms with van der Waals surface area (Å²) in [6.45, 7) is 5.49. The van der Waals surface area contributed by atoms with E-state index in [4.69, 9.17) is 4.74 Å². The smallest absolute Gasteiger partial charge is 0.407 e. The summed E-state index contributed by atoms with van der Waals surface area (Å²) >= 11 is 0. The molecule has 0 aliphatic carbocycles. The van der Waals surface area contributed by atoms with Gasteiger partial charge in [-0.2, -0.15) is 0 Å². The maximum absolute atomic E-state index is 11.9. The predicted octanol–water partition coefficient (Wildman–Crippen LogP) is 3.64. The Morgan fingerprint density at radius 1 is 1.00 bits per heavy atom. The summed E-state index contributed by atoms with van der Waals surface area (Å²) in [4.78, 5) is 11.9. The zero-order valence-corrected chi connectivity index (χ0v) is 14.5. The normalized spacial score (nSPS) is 13.8. The number of hydrogen-bond donors (Lipinski definition) is 2. The van der Waals surface area contributed by atoms with Crippen molar-refractivity contribution in [2.75, 3.05) is 6.54 Å². The summed E-state index contributed by atoms with van der Waals surface area (Å²) in [5.41, 5.74) is -0.0341. The molecule has 2 aromatic rings. The number of aliphatic hydroxyl groups is 1. The largest absolute Gasteiger partial charge is 0.444 e. The van der Waals surface area contributed by atoms with Gasteiger partial charge in [-0.05, 0) is 31.9 Å². The molecule has 2 aromatic carbocycles. The van der Waals surface area contributed by atoms with Gasteiger partial charge in [-0.3, -0.25) is 0 Å². The molecular weight excluding hydrogens is 302 g/mol. The van der Waals surface area contributed by atoms with E-state index in [2.05, 4.69) is 5.32 Å². The Morgan fingerprint density at radius 2 is 1.54 bits per heavy atom. The summed E-state index contributed by atoms with van der Waals surface area (Å²) < 4.78 is 5.26. The molecule has 1 amide bonds. The third-order valence-corrected chi connectivity index (χ3v) is 3.57. The highest BCUT2D eigenvalue weighted by Crippen LogP contribution is 2.25. The molecule has 24 heavy (non-hydrogen) atoms. The Hall–Kier alpha value is -2.33. The van der Waals surface area contributed by atoms with E-state index in [0.29, 0.717) is 6.42 Å². The van der Waals surface area contributed by atoms with Crippen molar-refractivity contribution < 1.29 is 14.6 Å². The molecule has 0 saturated carbocycles. The molecule has 0 bridgehead atoms. The molecule has 0 spiro atoms. The predicted molar refractivity (Wildman–Crippen MR) is 94.7 cm³/mol. The first-order valence-electron chi connectivity index (χ1n) is 8.07. The first kappa shape index (κ1) is 18.0. The van der Waals surface area contributed by atoms with Crippen molar-refractivity contribution >= 4 is 6.09 Å². The van der Waals surface area contributed by atoms with Crippen molar-refractivity contribution in [2.24, 2.45) is 0 Å². The lowest BCUT2D eigenvalue weighted by molar-refractivity contribution is 0.0214. The van der Waals surface area contributed by atoms with Crippen LogP contribution in [0.2, 0.25) is 0 Å². The van der Waals surface area contributed by atoms with Gasteiger partial charge in [0, 0.05) is 6.42 Å². The van der Waals surface area contributed by atoms with Crippen LogP contribution in [-0.4, -0.2) is 23.3 Å². The highest BCUT2D eigenvalue weighted by atomic mass is 16.6. The van der Waals surface area contributed by atoms with Crippen molar-refractivity contribution in [1.29, 1.82) is 0 Å². The summed E-state index contributed by atoms with van der Waals surface area (Å²) in [6.07, 6.45) is -0.141. The number of nitrogens with one attached hydrogen (secondary N) is 1. The molecule has 0 aromatic heterocycles. The van der Waals surface area contributed by atoms with Gasteiger partial charge in [0.05, 0.1) is 6.54 Å². The number of carbonyl (C=O) groups excluding carboxylic acids is 1. The molecule has 2 rings (SSSR count). The molecular formula is C20H25NO3. The number of hydrogen-bond acceptors (Lipinski definition) is 3. The van der Waals surface area contributed by atoms with Crippen LogP contribution in [0.25, 0.3) is 0 Å². The van der Waals surface area contributed by atoms with Crippen LogP contribution in [0.15, 0.2) is 60.7 Å². The number of amides is 1. The van der Waals surface area contributed by atoms with Gasteiger partial charge in [0.25, 0.3) is 0 Å². The van der Waals surface area contributed by atoms with Gasteiger partial charge < -0.3 is 15.2 Å².